The molecule has 0 aliphatic carbocycles. The average molecular weight is 205 g/mol. The summed E-state index contributed by atoms with van der Waals surface area (Å²) < 4.78 is 0. The summed E-state index contributed by atoms with van der Waals surface area (Å²) in [5.74, 6) is -0.776. The van der Waals surface area contributed by atoms with Crippen LogP contribution in [0.3, 0.4) is 0 Å². The van der Waals surface area contributed by atoms with Crippen molar-refractivity contribution in [3.05, 3.63) is 0 Å². The van der Waals surface area contributed by atoms with Gasteiger partial charge < -0.3 is 5.11 Å². The minimum absolute atomic E-state index is 0.0839. The van der Waals surface area contributed by atoms with E-state index in [4.69, 9.17) is 5.11 Å². The first-order valence-corrected chi connectivity index (χ1v) is 4.68. The van der Waals surface area contributed by atoms with Crippen LogP contribution in [0.4, 0.5) is 0 Å². The number of carbonyl (C=O) groups is 1. The number of rotatable bonds is 3. The second-order valence-electron chi connectivity index (χ2n) is 3.13. The lowest BCUT2D eigenvalue weighted by atomic mass is 10.4. The largest absolute Gasteiger partial charge is 0.481 e. The molecule has 1 aliphatic rings. The quantitative estimate of drug-likeness (QED) is 0.556. The number of hydrogen-bond donors (Lipinski definition) is 3. The van der Waals surface area contributed by atoms with Crippen molar-refractivity contribution in [1.29, 1.82) is 0 Å². The molecule has 1 heterocycles. The summed E-state index contributed by atoms with van der Waals surface area (Å²) >= 11 is 4.29. The lowest BCUT2D eigenvalue weighted by Gasteiger charge is -2.23. The van der Waals surface area contributed by atoms with Gasteiger partial charge in [0.1, 0.15) is 5.50 Å². The first-order chi connectivity index (χ1) is 6.02. The fourth-order valence-corrected chi connectivity index (χ4v) is 1.82. The van der Waals surface area contributed by atoms with Crippen LogP contribution in [0.15, 0.2) is 0 Å². The molecule has 1 rings (SSSR count). The highest BCUT2D eigenvalue weighted by atomic mass is 32.1. The van der Waals surface area contributed by atoms with Gasteiger partial charge in [0.15, 0.2) is 0 Å². The van der Waals surface area contributed by atoms with Crippen molar-refractivity contribution in [3.63, 3.8) is 0 Å². The zero-order valence-corrected chi connectivity index (χ0v) is 8.66. The van der Waals surface area contributed by atoms with Crippen LogP contribution in [0, 0.1) is 0 Å². The van der Waals surface area contributed by atoms with E-state index in [1.165, 1.54) is 0 Å². The van der Waals surface area contributed by atoms with Gasteiger partial charge in [0.2, 0.25) is 0 Å². The van der Waals surface area contributed by atoms with Crippen LogP contribution in [-0.4, -0.2) is 46.2 Å². The van der Waals surface area contributed by atoms with Gasteiger partial charge in [-0.05, 0) is 6.92 Å². The molecule has 0 aromatic carbocycles. The maximum atomic E-state index is 10.4. The number of thiol groups is 1. The predicted octanol–water partition coefficient (Wildman–Crippen LogP) is -0.228. The van der Waals surface area contributed by atoms with Crippen LogP contribution in [-0.2, 0) is 4.79 Å². The monoisotopic (exact) mass is 205 g/mol. The maximum absolute atomic E-state index is 10.4. The minimum atomic E-state index is -0.776. The molecule has 2 atom stereocenters. The average Bonchev–Trinajstić information content (AvgIpc) is 2.24. The molecular formula is C7H15N3O2S. The van der Waals surface area contributed by atoms with Gasteiger partial charge in [-0.25, -0.2) is 10.4 Å². The van der Waals surface area contributed by atoms with E-state index in [-0.39, 0.29) is 18.1 Å². The topological polar surface area (TPSA) is 55.8 Å². The summed E-state index contributed by atoms with van der Waals surface area (Å²) in [5, 5.41) is 10.4. The van der Waals surface area contributed by atoms with Crippen LogP contribution in [0.5, 0.6) is 0 Å². The molecule has 2 N–H and O–H groups in total. The van der Waals surface area contributed by atoms with Gasteiger partial charge in [0, 0.05) is 13.6 Å². The molecule has 0 aromatic heterocycles. The van der Waals surface area contributed by atoms with E-state index in [0.717, 1.165) is 0 Å². The summed E-state index contributed by atoms with van der Waals surface area (Å²) in [5.41, 5.74) is 2.99. The van der Waals surface area contributed by atoms with Gasteiger partial charge in [-0.15, -0.1) is 12.6 Å². The Labute approximate surface area is 83.1 Å². The second-order valence-corrected chi connectivity index (χ2v) is 3.62. The molecule has 13 heavy (non-hydrogen) atoms. The second kappa shape index (κ2) is 4.28. The molecule has 6 heteroatoms. The third-order valence-corrected chi connectivity index (χ3v) is 2.67. The van der Waals surface area contributed by atoms with Crippen molar-refractivity contribution in [3.8, 4) is 0 Å². The molecule has 5 nitrogen and oxygen atoms in total. The Balaban J connectivity index is 2.44. The summed E-state index contributed by atoms with van der Waals surface area (Å²) in [7, 11) is 1.91. The van der Waals surface area contributed by atoms with Crippen molar-refractivity contribution >= 4 is 18.6 Å². The van der Waals surface area contributed by atoms with E-state index < -0.39 is 5.97 Å². The van der Waals surface area contributed by atoms with E-state index in [0.29, 0.717) is 6.54 Å². The standard InChI is InChI=1S/C7H15N3O2S/c1-5-9(2)8-7(13)10(5)4-3-6(11)12/h5,7-8,13H,3-4H2,1-2H3,(H,11,12). The minimum Gasteiger partial charge on any atom is -0.481 e. The first-order valence-electron chi connectivity index (χ1n) is 4.17. The molecule has 0 aromatic rings. The summed E-state index contributed by atoms with van der Waals surface area (Å²) in [6.07, 6.45) is 0.332. The maximum Gasteiger partial charge on any atom is 0.304 e. The first kappa shape index (κ1) is 10.8. The Morgan fingerprint density at radius 2 is 2.31 bits per heavy atom. The molecule has 0 radical (unpaired) electrons. The SMILES string of the molecule is CC1N(C)NC(S)N1CCC(=O)O. The number of carboxylic acid groups (broad SMARTS) is 1. The fourth-order valence-electron chi connectivity index (χ4n) is 1.32. The Bertz CT molecular complexity index is 202. The van der Waals surface area contributed by atoms with E-state index in [1.54, 1.807) is 0 Å². The molecule has 0 bridgehead atoms. The smallest absolute Gasteiger partial charge is 0.304 e. The van der Waals surface area contributed by atoms with Gasteiger partial charge in [0.25, 0.3) is 0 Å². The van der Waals surface area contributed by atoms with E-state index in [9.17, 15) is 4.79 Å². The van der Waals surface area contributed by atoms with Gasteiger partial charge in [0.05, 0.1) is 12.6 Å². The molecule has 2 unspecified atom stereocenters. The van der Waals surface area contributed by atoms with Crippen molar-refractivity contribution < 1.29 is 9.90 Å². The third kappa shape index (κ3) is 2.57. The fraction of sp³-hybridized carbons (Fsp3) is 0.857. The zero-order chi connectivity index (χ0) is 10.0. The number of hydrazine groups is 1. The van der Waals surface area contributed by atoms with Crippen LogP contribution in [0.1, 0.15) is 13.3 Å². The predicted molar refractivity (Wildman–Crippen MR) is 52.1 cm³/mol. The Morgan fingerprint density at radius 1 is 1.69 bits per heavy atom. The molecule has 0 saturated carbocycles. The van der Waals surface area contributed by atoms with Crippen LogP contribution >= 0.6 is 12.6 Å². The molecular weight excluding hydrogens is 190 g/mol. The van der Waals surface area contributed by atoms with Crippen molar-refractivity contribution in [1.82, 2.24) is 15.3 Å². The highest BCUT2D eigenvalue weighted by molar-refractivity contribution is 7.80. The summed E-state index contributed by atoms with van der Waals surface area (Å²) in [4.78, 5) is 12.3. The summed E-state index contributed by atoms with van der Waals surface area (Å²) in [6, 6.07) is 0. The molecule has 1 aliphatic heterocycles. The van der Waals surface area contributed by atoms with Gasteiger partial charge in [-0.1, -0.05) is 0 Å². The molecule has 1 saturated heterocycles. The molecule has 76 valence electrons. The lowest BCUT2D eigenvalue weighted by Crippen LogP contribution is -2.37. The number of carboxylic acids is 1. The van der Waals surface area contributed by atoms with E-state index >= 15 is 0 Å². The lowest BCUT2D eigenvalue weighted by molar-refractivity contribution is -0.137. The number of nitrogens with zero attached hydrogens (tertiary/aromatic N) is 2. The van der Waals surface area contributed by atoms with E-state index in [2.05, 4.69) is 18.1 Å². The number of hydrogen-bond acceptors (Lipinski definition) is 5. The molecule has 1 fully saturated rings. The van der Waals surface area contributed by atoms with E-state index in [1.807, 2.05) is 23.9 Å². The van der Waals surface area contributed by atoms with Crippen LogP contribution in [0.25, 0.3) is 0 Å². The van der Waals surface area contributed by atoms with Gasteiger partial charge in [-0.3, -0.25) is 9.69 Å². The van der Waals surface area contributed by atoms with Gasteiger partial charge >= 0.3 is 5.97 Å². The number of nitrogens with one attached hydrogen (secondary N) is 1. The zero-order valence-electron chi connectivity index (χ0n) is 7.77. The third-order valence-electron chi connectivity index (χ3n) is 2.26. The van der Waals surface area contributed by atoms with Crippen LogP contribution < -0.4 is 5.43 Å². The molecule has 0 amide bonds. The van der Waals surface area contributed by atoms with Crippen molar-refractivity contribution in [2.45, 2.75) is 25.0 Å². The highest BCUT2D eigenvalue weighted by Gasteiger charge is 2.31. The van der Waals surface area contributed by atoms with Crippen LogP contribution in [0.2, 0.25) is 0 Å². The molecule has 0 spiro atoms. The number of aliphatic carboxylic acids is 1. The Morgan fingerprint density at radius 3 is 2.69 bits per heavy atom. The van der Waals surface area contributed by atoms with Crippen molar-refractivity contribution in [2.75, 3.05) is 13.6 Å². The summed E-state index contributed by atoms with van der Waals surface area (Å²) in [6.45, 7) is 2.52. The Hall–Kier alpha value is -0.300. The Kier molecular flexibility index (Phi) is 3.55. The normalized spacial score (nSPS) is 31.0. The van der Waals surface area contributed by atoms with Gasteiger partial charge in [-0.2, -0.15) is 0 Å². The highest BCUT2D eigenvalue weighted by Crippen LogP contribution is 2.16. The van der Waals surface area contributed by atoms with Crippen molar-refractivity contribution in [2.24, 2.45) is 0 Å².